The van der Waals surface area contributed by atoms with Crippen LogP contribution in [0, 0.1) is 0 Å². The number of fused-ring (bicyclic) bond motifs is 1. The zero-order chi connectivity index (χ0) is 18.8. The Kier molecular flexibility index (Phi) is 5.22. The van der Waals surface area contributed by atoms with E-state index in [1.165, 1.54) is 41.4 Å². The molecule has 3 nitrogen and oxygen atoms in total. The standard InChI is InChI=1S/C24H30N2O/c1-4-27-24(25-17-16-20-12-5-7-14-22(20)25)21-13-6-8-15-23(21)26-18(2)10-9-11-19(26)3/h5-8,12-19,24H,4,9-11H2,1-3H3/t18-,19+,24?. The van der Waals surface area contributed by atoms with E-state index in [0.717, 1.165) is 0 Å². The summed E-state index contributed by atoms with van der Waals surface area (Å²) >= 11 is 0. The van der Waals surface area contributed by atoms with Crippen LogP contribution in [0.3, 0.4) is 0 Å². The smallest absolute Gasteiger partial charge is 0.162 e. The second-order valence-electron chi connectivity index (χ2n) is 7.68. The molecule has 4 rings (SSSR count). The van der Waals surface area contributed by atoms with Crippen LogP contribution in [0.5, 0.6) is 0 Å². The molecule has 1 saturated heterocycles. The summed E-state index contributed by atoms with van der Waals surface area (Å²) < 4.78 is 8.59. The molecule has 0 radical (unpaired) electrons. The van der Waals surface area contributed by atoms with Crippen molar-refractivity contribution < 1.29 is 4.74 Å². The minimum Gasteiger partial charge on any atom is -0.366 e. The van der Waals surface area contributed by atoms with Gasteiger partial charge < -0.3 is 14.2 Å². The second-order valence-corrected chi connectivity index (χ2v) is 7.68. The van der Waals surface area contributed by atoms with Crippen LogP contribution in [0.2, 0.25) is 0 Å². The van der Waals surface area contributed by atoms with E-state index >= 15 is 0 Å². The number of rotatable bonds is 5. The van der Waals surface area contributed by atoms with Gasteiger partial charge in [0.15, 0.2) is 6.23 Å². The summed E-state index contributed by atoms with van der Waals surface area (Å²) in [7, 11) is 0. The van der Waals surface area contributed by atoms with E-state index in [1.54, 1.807) is 0 Å². The number of para-hydroxylation sites is 2. The summed E-state index contributed by atoms with van der Waals surface area (Å²) in [6.07, 6.45) is 5.87. The second kappa shape index (κ2) is 7.77. The van der Waals surface area contributed by atoms with E-state index < -0.39 is 0 Å². The first-order chi connectivity index (χ1) is 13.2. The SMILES string of the molecule is CCOC(c1ccccc1N1[C@H](C)CCC[C@@H]1C)n1ccc2ccccc21. The molecule has 0 aliphatic carbocycles. The average Bonchev–Trinajstić information content (AvgIpc) is 3.10. The van der Waals surface area contributed by atoms with Gasteiger partial charge in [0.25, 0.3) is 0 Å². The van der Waals surface area contributed by atoms with Gasteiger partial charge >= 0.3 is 0 Å². The Morgan fingerprint density at radius 3 is 2.44 bits per heavy atom. The van der Waals surface area contributed by atoms with Crippen LogP contribution in [0.15, 0.2) is 60.8 Å². The van der Waals surface area contributed by atoms with Crippen molar-refractivity contribution in [3.63, 3.8) is 0 Å². The monoisotopic (exact) mass is 362 g/mol. The normalized spacial score (nSPS) is 21.5. The highest BCUT2D eigenvalue weighted by atomic mass is 16.5. The van der Waals surface area contributed by atoms with Crippen LogP contribution < -0.4 is 4.90 Å². The zero-order valence-electron chi connectivity index (χ0n) is 16.6. The quantitative estimate of drug-likeness (QED) is 0.554. The highest BCUT2D eigenvalue weighted by Gasteiger charge is 2.29. The molecule has 142 valence electrons. The lowest BCUT2D eigenvalue weighted by Gasteiger charge is -2.42. The summed E-state index contributed by atoms with van der Waals surface area (Å²) in [4.78, 5) is 2.61. The molecule has 0 amide bonds. The average molecular weight is 363 g/mol. The van der Waals surface area contributed by atoms with E-state index in [9.17, 15) is 0 Å². The van der Waals surface area contributed by atoms with Crippen molar-refractivity contribution in [2.75, 3.05) is 11.5 Å². The molecule has 2 heterocycles. The van der Waals surface area contributed by atoms with E-state index in [4.69, 9.17) is 4.74 Å². The van der Waals surface area contributed by atoms with E-state index in [1.807, 2.05) is 0 Å². The maximum atomic E-state index is 6.32. The number of ether oxygens (including phenoxy) is 1. The maximum Gasteiger partial charge on any atom is 0.162 e. The minimum absolute atomic E-state index is 0.118. The molecule has 3 heteroatoms. The Labute approximate surface area is 162 Å². The summed E-state index contributed by atoms with van der Waals surface area (Å²) in [6, 6.07) is 20.6. The summed E-state index contributed by atoms with van der Waals surface area (Å²) in [5.74, 6) is 0. The van der Waals surface area contributed by atoms with Gasteiger partial charge in [0.2, 0.25) is 0 Å². The predicted octanol–water partition coefficient (Wildman–Crippen LogP) is 5.99. The third-order valence-corrected chi connectivity index (χ3v) is 5.88. The van der Waals surface area contributed by atoms with Gasteiger partial charge in [-0.1, -0.05) is 36.4 Å². The van der Waals surface area contributed by atoms with Crippen molar-refractivity contribution in [1.82, 2.24) is 4.57 Å². The van der Waals surface area contributed by atoms with Crippen molar-refractivity contribution in [3.8, 4) is 0 Å². The van der Waals surface area contributed by atoms with Crippen LogP contribution in [0.1, 0.15) is 51.8 Å². The fourth-order valence-corrected chi connectivity index (χ4v) is 4.61. The largest absolute Gasteiger partial charge is 0.366 e. The molecule has 0 saturated carbocycles. The molecule has 1 fully saturated rings. The van der Waals surface area contributed by atoms with Crippen molar-refractivity contribution in [3.05, 3.63) is 66.4 Å². The van der Waals surface area contributed by atoms with Crippen molar-refractivity contribution >= 4 is 16.6 Å². The van der Waals surface area contributed by atoms with Gasteiger partial charge in [0, 0.05) is 36.1 Å². The van der Waals surface area contributed by atoms with Gasteiger partial charge in [-0.15, -0.1) is 0 Å². The van der Waals surface area contributed by atoms with Gasteiger partial charge in [0.1, 0.15) is 0 Å². The van der Waals surface area contributed by atoms with E-state index in [2.05, 4.69) is 91.0 Å². The minimum atomic E-state index is -0.118. The van der Waals surface area contributed by atoms with Gasteiger partial charge in [-0.3, -0.25) is 0 Å². The predicted molar refractivity (Wildman–Crippen MR) is 113 cm³/mol. The Morgan fingerprint density at radius 1 is 0.963 bits per heavy atom. The highest BCUT2D eigenvalue weighted by Crippen LogP contribution is 2.37. The summed E-state index contributed by atoms with van der Waals surface area (Å²) in [6.45, 7) is 7.46. The van der Waals surface area contributed by atoms with Crippen LogP contribution in [-0.4, -0.2) is 23.3 Å². The summed E-state index contributed by atoms with van der Waals surface area (Å²) in [5, 5.41) is 1.25. The zero-order valence-corrected chi connectivity index (χ0v) is 16.6. The highest BCUT2D eigenvalue weighted by molar-refractivity contribution is 5.80. The molecule has 3 atom stereocenters. The Hall–Kier alpha value is -2.26. The molecule has 0 bridgehead atoms. The number of hydrogen-bond acceptors (Lipinski definition) is 2. The van der Waals surface area contributed by atoms with Gasteiger partial charge in [-0.05, 0) is 63.6 Å². The molecule has 3 aromatic rings. The van der Waals surface area contributed by atoms with E-state index in [0.29, 0.717) is 18.7 Å². The first kappa shape index (κ1) is 18.1. The first-order valence-corrected chi connectivity index (χ1v) is 10.2. The molecule has 1 aliphatic heterocycles. The topological polar surface area (TPSA) is 17.4 Å². The Bertz CT molecular complexity index is 890. The number of nitrogens with zero attached hydrogens (tertiary/aromatic N) is 2. The van der Waals surface area contributed by atoms with Crippen LogP contribution >= 0.6 is 0 Å². The Morgan fingerprint density at radius 2 is 1.67 bits per heavy atom. The van der Waals surface area contributed by atoms with Gasteiger partial charge in [-0.2, -0.15) is 0 Å². The molecule has 27 heavy (non-hydrogen) atoms. The van der Waals surface area contributed by atoms with Gasteiger partial charge in [-0.25, -0.2) is 0 Å². The number of aromatic nitrogens is 1. The lowest BCUT2D eigenvalue weighted by molar-refractivity contribution is 0.0444. The van der Waals surface area contributed by atoms with Crippen molar-refractivity contribution in [2.45, 2.75) is 58.3 Å². The fourth-order valence-electron chi connectivity index (χ4n) is 4.61. The third-order valence-electron chi connectivity index (χ3n) is 5.88. The van der Waals surface area contributed by atoms with Crippen molar-refractivity contribution in [2.24, 2.45) is 0 Å². The molecule has 1 unspecified atom stereocenters. The van der Waals surface area contributed by atoms with Crippen LogP contribution in [0.25, 0.3) is 10.9 Å². The number of anilines is 1. The van der Waals surface area contributed by atoms with Crippen LogP contribution in [-0.2, 0) is 4.74 Å². The van der Waals surface area contributed by atoms with E-state index in [-0.39, 0.29) is 6.23 Å². The number of piperidine rings is 1. The first-order valence-electron chi connectivity index (χ1n) is 10.2. The maximum absolute atomic E-state index is 6.32. The van der Waals surface area contributed by atoms with Crippen molar-refractivity contribution in [1.29, 1.82) is 0 Å². The number of benzene rings is 2. The Balaban J connectivity index is 1.82. The number of hydrogen-bond donors (Lipinski definition) is 0. The fraction of sp³-hybridized carbons (Fsp3) is 0.417. The lowest BCUT2D eigenvalue weighted by atomic mass is 9.95. The molecular formula is C24H30N2O. The lowest BCUT2D eigenvalue weighted by Crippen LogP contribution is -2.44. The molecule has 0 N–H and O–H groups in total. The van der Waals surface area contributed by atoms with Crippen LogP contribution in [0.4, 0.5) is 5.69 Å². The molecule has 1 aromatic heterocycles. The summed E-state index contributed by atoms with van der Waals surface area (Å²) in [5.41, 5.74) is 3.78. The molecular weight excluding hydrogens is 332 g/mol. The third kappa shape index (κ3) is 3.37. The van der Waals surface area contributed by atoms with Gasteiger partial charge in [0.05, 0.1) is 5.52 Å². The molecule has 0 spiro atoms. The molecule has 2 aromatic carbocycles. The molecule has 1 aliphatic rings.